The first-order valence-corrected chi connectivity index (χ1v) is 6.20. The Morgan fingerprint density at radius 1 is 1.15 bits per heavy atom. The van der Waals surface area contributed by atoms with Crippen molar-refractivity contribution < 1.29 is 18.7 Å². The van der Waals surface area contributed by atoms with E-state index >= 15 is 0 Å². The molecular formula is C16H14F2O2. The molecule has 2 nitrogen and oxygen atoms in total. The first-order chi connectivity index (χ1) is 9.47. The third-order valence-corrected chi connectivity index (χ3v) is 3.21. The Morgan fingerprint density at radius 3 is 2.45 bits per heavy atom. The lowest BCUT2D eigenvalue weighted by Gasteiger charge is -2.17. The van der Waals surface area contributed by atoms with Gasteiger partial charge in [0, 0.05) is 5.92 Å². The molecular weight excluding hydrogens is 262 g/mol. The Bertz CT molecular complexity index is 638. The first-order valence-electron chi connectivity index (χ1n) is 6.20. The van der Waals surface area contributed by atoms with Crippen LogP contribution in [-0.2, 0) is 4.79 Å². The van der Waals surface area contributed by atoms with E-state index in [0.29, 0.717) is 16.7 Å². The second-order valence-electron chi connectivity index (χ2n) is 4.71. The molecule has 2 rings (SSSR count). The van der Waals surface area contributed by atoms with E-state index in [-0.39, 0.29) is 12.2 Å². The largest absolute Gasteiger partial charge is 0.481 e. The van der Waals surface area contributed by atoms with Crippen LogP contribution in [0.1, 0.15) is 29.0 Å². The number of hydrogen-bond donors (Lipinski definition) is 1. The Balaban J connectivity index is 2.46. The maximum Gasteiger partial charge on any atom is 0.304 e. The van der Waals surface area contributed by atoms with Crippen LogP contribution in [0.3, 0.4) is 0 Å². The van der Waals surface area contributed by atoms with Crippen LogP contribution in [0.4, 0.5) is 8.78 Å². The third-order valence-electron chi connectivity index (χ3n) is 3.21. The molecule has 0 bridgehead atoms. The van der Waals surface area contributed by atoms with Crippen LogP contribution in [-0.4, -0.2) is 11.1 Å². The molecule has 0 spiro atoms. The Hall–Kier alpha value is -2.23. The molecule has 2 aromatic rings. The molecule has 0 saturated heterocycles. The topological polar surface area (TPSA) is 37.3 Å². The van der Waals surface area contributed by atoms with Crippen molar-refractivity contribution in [1.29, 1.82) is 0 Å². The molecule has 0 aliphatic heterocycles. The first kappa shape index (κ1) is 14.2. The second-order valence-corrected chi connectivity index (χ2v) is 4.71. The van der Waals surface area contributed by atoms with E-state index < -0.39 is 17.7 Å². The number of rotatable bonds is 4. The van der Waals surface area contributed by atoms with Crippen LogP contribution in [0.5, 0.6) is 0 Å². The minimum absolute atomic E-state index is 0.172. The maximum atomic E-state index is 13.3. The van der Waals surface area contributed by atoms with Gasteiger partial charge in [0.15, 0.2) is 0 Å². The zero-order valence-corrected chi connectivity index (χ0v) is 10.9. The Labute approximate surface area is 115 Å². The molecule has 0 fully saturated rings. The highest BCUT2D eigenvalue weighted by molar-refractivity contribution is 5.69. The van der Waals surface area contributed by atoms with Crippen molar-refractivity contribution in [3.8, 4) is 0 Å². The molecule has 2 aromatic carbocycles. The summed E-state index contributed by atoms with van der Waals surface area (Å²) in [7, 11) is 0. The number of halogens is 2. The molecule has 0 heterocycles. The number of hydrogen-bond acceptors (Lipinski definition) is 1. The lowest BCUT2D eigenvalue weighted by Crippen LogP contribution is -2.08. The van der Waals surface area contributed by atoms with Crippen LogP contribution in [0.15, 0.2) is 42.5 Å². The summed E-state index contributed by atoms with van der Waals surface area (Å²) in [5, 5.41) is 9.03. The van der Waals surface area contributed by atoms with Crippen molar-refractivity contribution in [1.82, 2.24) is 0 Å². The number of carboxylic acid groups (broad SMARTS) is 1. The van der Waals surface area contributed by atoms with Crippen LogP contribution in [0.2, 0.25) is 0 Å². The fourth-order valence-corrected chi connectivity index (χ4v) is 2.21. The van der Waals surface area contributed by atoms with Crippen molar-refractivity contribution in [2.75, 3.05) is 0 Å². The van der Waals surface area contributed by atoms with Gasteiger partial charge < -0.3 is 5.11 Å². The molecule has 20 heavy (non-hydrogen) atoms. The summed E-state index contributed by atoms with van der Waals surface area (Å²) in [6.07, 6.45) is -0.172. The number of aliphatic carboxylic acids is 1. The lowest BCUT2D eigenvalue weighted by molar-refractivity contribution is -0.137. The standard InChI is InChI=1S/C16H14F2O2/c1-10-7-12(5-6-15(10)18)14(9-16(19)20)11-3-2-4-13(17)8-11/h2-8,14H,9H2,1H3,(H,19,20). The number of aryl methyl sites for hydroxylation is 1. The Kier molecular flexibility index (Phi) is 4.13. The molecule has 1 atom stereocenters. The third kappa shape index (κ3) is 3.20. The Morgan fingerprint density at radius 2 is 1.85 bits per heavy atom. The molecule has 1 N–H and O–H groups in total. The van der Waals surface area contributed by atoms with Crippen LogP contribution in [0.25, 0.3) is 0 Å². The number of benzene rings is 2. The van der Waals surface area contributed by atoms with Gasteiger partial charge in [0.05, 0.1) is 6.42 Å². The van der Waals surface area contributed by atoms with Crippen LogP contribution in [0, 0.1) is 18.6 Å². The van der Waals surface area contributed by atoms with Gasteiger partial charge in [-0.3, -0.25) is 4.79 Å². The molecule has 0 aliphatic carbocycles. The van der Waals surface area contributed by atoms with Gasteiger partial charge in [-0.2, -0.15) is 0 Å². The quantitative estimate of drug-likeness (QED) is 0.920. The van der Waals surface area contributed by atoms with Gasteiger partial charge in [0.1, 0.15) is 11.6 Å². The van der Waals surface area contributed by atoms with E-state index in [2.05, 4.69) is 0 Å². The maximum absolute atomic E-state index is 13.3. The van der Waals surface area contributed by atoms with Crippen molar-refractivity contribution in [3.63, 3.8) is 0 Å². The summed E-state index contributed by atoms with van der Waals surface area (Å²) in [6.45, 7) is 1.61. The summed E-state index contributed by atoms with van der Waals surface area (Å²) in [5.74, 6) is -2.25. The molecule has 1 unspecified atom stereocenters. The van der Waals surface area contributed by atoms with E-state index in [9.17, 15) is 13.6 Å². The van der Waals surface area contributed by atoms with Crippen molar-refractivity contribution >= 4 is 5.97 Å². The normalized spacial score (nSPS) is 12.2. The predicted molar refractivity (Wildman–Crippen MR) is 71.6 cm³/mol. The second kappa shape index (κ2) is 5.82. The van der Waals surface area contributed by atoms with Crippen molar-refractivity contribution in [2.24, 2.45) is 0 Å². The lowest BCUT2D eigenvalue weighted by atomic mass is 9.88. The van der Waals surface area contributed by atoms with E-state index in [1.54, 1.807) is 25.1 Å². The average Bonchev–Trinajstić information content (AvgIpc) is 2.39. The van der Waals surface area contributed by atoms with Gasteiger partial charge in [-0.25, -0.2) is 8.78 Å². The number of carbonyl (C=O) groups is 1. The smallest absolute Gasteiger partial charge is 0.304 e. The summed E-state index contributed by atoms with van der Waals surface area (Å²) in [4.78, 5) is 11.0. The highest BCUT2D eigenvalue weighted by atomic mass is 19.1. The van der Waals surface area contributed by atoms with Crippen LogP contribution >= 0.6 is 0 Å². The summed E-state index contributed by atoms with van der Waals surface area (Å²) < 4.78 is 26.6. The monoisotopic (exact) mass is 276 g/mol. The summed E-state index contributed by atoms with van der Waals surface area (Å²) >= 11 is 0. The van der Waals surface area contributed by atoms with Crippen LogP contribution < -0.4 is 0 Å². The molecule has 4 heteroatoms. The average molecular weight is 276 g/mol. The molecule has 0 aromatic heterocycles. The van der Waals surface area contributed by atoms with E-state index in [1.165, 1.54) is 24.3 Å². The molecule has 0 radical (unpaired) electrons. The van der Waals surface area contributed by atoms with Crippen molar-refractivity contribution in [2.45, 2.75) is 19.3 Å². The molecule has 0 saturated carbocycles. The SMILES string of the molecule is Cc1cc(C(CC(=O)O)c2cccc(F)c2)ccc1F. The van der Waals surface area contributed by atoms with Gasteiger partial charge in [0.25, 0.3) is 0 Å². The van der Waals surface area contributed by atoms with Gasteiger partial charge in [0.2, 0.25) is 0 Å². The van der Waals surface area contributed by atoms with Gasteiger partial charge >= 0.3 is 5.97 Å². The van der Waals surface area contributed by atoms with E-state index in [0.717, 1.165) is 0 Å². The molecule has 104 valence electrons. The van der Waals surface area contributed by atoms with E-state index in [4.69, 9.17) is 5.11 Å². The predicted octanol–water partition coefficient (Wildman–Crippen LogP) is 3.88. The highest BCUT2D eigenvalue weighted by Gasteiger charge is 2.19. The minimum Gasteiger partial charge on any atom is -0.481 e. The van der Waals surface area contributed by atoms with Gasteiger partial charge in [-0.15, -0.1) is 0 Å². The molecule has 0 aliphatic rings. The summed E-state index contributed by atoms with van der Waals surface area (Å²) in [5.41, 5.74) is 1.67. The van der Waals surface area contributed by atoms with Crippen molar-refractivity contribution in [3.05, 3.63) is 70.8 Å². The fourth-order valence-electron chi connectivity index (χ4n) is 2.21. The highest BCUT2D eigenvalue weighted by Crippen LogP contribution is 2.29. The zero-order valence-electron chi connectivity index (χ0n) is 10.9. The molecule has 0 amide bonds. The van der Waals surface area contributed by atoms with E-state index in [1.807, 2.05) is 0 Å². The number of carboxylic acids is 1. The fraction of sp³-hybridized carbons (Fsp3) is 0.188. The van der Waals surface area contributed by atoms with Gasteiger partial charge in [-0.1, -0.05) is 24.3 Å². The minimum atomic E-state index is -0.985. The summed E-state index contributed by atoms with van der Waals surface area (Å²) in [6, 6.07) is 10.3. The zero-order chi connectivity index (χ0) is 14.7. The van der Waals surface area contributed by atoms with Gasteiger partial charge in [-0.05, 0) is 41.8 Å².